The van der Waals surface area contributed by atoms with Gasteiger partial charge in [-0.1, -0.05) is 11.6 Å². The van der Waals surface area contributed by atoms with E-state index in [0.717, 1.165) is 23.3 Å². The number of hydrogen-bond acceptors (Lipinski definition) is 3. The second kappa shape index (κ2) is 5.02. The van der Waals surface area contributed by atoms with Crippen LogP contribution in [0.4, 0.5) is 0 Å². The highest BCUT2D eigenvalue weighted by Gasteiger charge is 2.21. The lowest BCUT2D eigenvalue weighted by atomic mass is 10.0. The number of benzene rings is 1. The Kier molecular flexibility index (Phi) is 3.37. The molecule has 0 radical (unpaired) electrons. The number of halogens is 2. The maximum absolute atomic E-state index is 12.1. The number of hydrogen-bond donors (Lipinski definition) is 0. The van der Waals surface area contributed by atoms with Crippen LogP contribution in [0.1, 0.15) is 21.7 Å². The summed E-state index contributed by atoms with van der Waals surface area (Å²) in [6.45, 7) is 0.642. The number of fused-ring (bicyclic) bond motifs is 1. The summed E-state index contributed by atoms with van der Waals surface area (Å²) in [6, 6.07) is 7.02. The van der Waals surface area contributed by atoms with Crippen molar-refractivity contribution >= 4 is 33.3 Å². The first-order valence-corrected chi connectivity index (χ1v) is 7.03. The standard InChI is InChI=1S/C14H10BrClO3/c15-13-2-1-12(19-13)11(17)7-9-6-10(16)5-8-3-4-18-14(8)9/h1-2,5-6H,3-4,7H2. The van der Waals surface area contributed by atoms with Crippen molar-refractivity contribution in [3.8, 4) is 5.75 Å². The van der Waals surface area contributed by atoms with Crippen LogP contribution in [-0.2, 0) is 12.8 Å². The highest BCUT2D eigenvalue weighted by molar-refractivity contribution is 9.10. The number of carbonyl (C=O) groups is 1. The van der Waals surface area contributed by atoms with E-state index in [0.29, 0.717) is 22.1 Å². The molecule has 3 nitrogen and oxygen atoms in total. The monoisotopic (exact) mass is 340 g/mol. The summed E-state index contributed by atoms with van der Waals surface area (Å²) < 4.78 is 11.4. The summed E-state index contributed by atoms with van der Waals surface area (Å²) in [6.07, 6.45) is 1.06. The molecule has 1 aromatic heterocycles. The number of rotatable bonds is 3. The Balaban J connectivity index is 1.90. The van der Waals surface area contributed by atoms with Crippen molar-refractivity contribution in [3.05, 3.63) is 50.8 Å². The van der Waals surface area contributed by atoms with Crippen molar-refractivity contribution in [1.29, 1.82) is 0 Å². The summed E-state index contributed by atoms with van der Waals surface area (Å²) in [7, 11) is 0. The fourth-order valence-electron chi connectivity index (χ4n) is 2.20. The lowest BCUT2D eigenvalue weighted by Gasteiger charge is -2.07. The van der Waals surface area contributed by atoms with Crippen LogP contribution >= 0.6 is 27.5 Å². The first kappa shape index (κ1) is 12.8. The summed E-state index contributed by atoms with van der Waals surface area (Å²) in [5.41, 5.74) is 1.88. The van der Waals surface area contributed by atoms with Gasteiger partial charge in [0.2, 0.25) is 5.78 Å². The van der Waals surface area contributed by atoms with Gasteiger partial charge in [-0.25, -0.2) is 0 Å². The molecular formula is C14H10BrClO3. The van der Waals surface area contributed by atoms with Crippen LogP contribution in [0.25, 0.3) is 0 Å². The molecule has 0 amide bonds. The Morgan fingerprint density at radius 2 is 2.21 bits per heavy atom. The molecule has 1 aromatic carbocycles. The maximum Gasteiger partial charge on any atom is 0.202 e. The van der Waals surface area contributed by atoms with Gasteiger partial charge in [-0.2, -0.15) is 0 Å². The van der Waals surface area contributed by atoms with Crippen molar-refractivity contribution in [1.82, 2.24) is 0 Å². The Morgan fingerprint density at radius 1 is 1.37 bits per heavy atom. The fourth-order valence-corrected chi connectivity index (χ4v) is 2.77. The molecule has 0 N–H and O–H groups in total. The normalized spacial score (nSPS) is 13.2. The Morgan fingerprint density at radius 3 is 2.95 bits per heavy atom. The Labute approximate surface area is 123 Å². The minimum Gasteiger partial charge on any atom is -0.493 e. The number of carbonyl (C=O) groups excluding carboxylic acids is 1. The van der Waals surface area contributed by atoms with Gasteiger partial charge < -0.3 is 9.15 Å². The lowest BCUT2D eigenvalue weighted by Crippen LogP contribution is -2.03. The molecule has 0 fully saturated rings. The summed E-state index contributed by atoms with van der Waals surface area (Å²) in [4.78, 5) is 12.1. The van der Waals surface area contributed by atoms with Crippen LogP contribution < -0.4 is 4.74 Å². The molecule has 1 aliphatic rings. The molecule has 2 heterocycles. The highest BCUT2D eigenvalue weighted by atomic mass is 79.9. The van der Waals surface area contributed by atoms with Crippen LogP contribution in [0.5, 0.6) is 5.75 Å². The van der Waals surface area contributed by atoms with E-state index >= 15 is 0 Å². The second-order valence-electron chi connectivity index (χ2n) is 4.36. The second-order valence-corrected chi connectivity index (χ2v) is 5.57. The van der Waals surface area contributed by atoms with Gasteiger partial charge in [0, 0.05) is 23.4 Å². The topological polar surface area (TPSA) is 39.4 Å². The lowest BCUT2D eigenvalue weighted by molar-refractivity contribution is 0.0964. The van der Waals surface area contributed by atoms with Crippen molar-refractivity contribution in [2.75, 3.05) is 6.61 Å². The third-order valence-corrected chi connectivity index (χ3v) is 3.67. The van der Waals surface area contributed by atoms with Crippen molar-refractivity contribution < 1.29 is 13.9 Å². The smallest absolute Gasteiger partial charge is 0.202 e. The average molecular weight is 342 g/mol. The van der Waals surface area contributed by atoms with Crippen LogP contribution in [-0.4, -0.2) is 12.4 Å². The first-order chi connectivity index (χ1) is 9.13. The molecule has 3 rings (SSSR count). The van der Waals surface area contributed by atoms with E-state index in [1.807, 2.05) is 6.07 Å². The van der Waals surface area contributed by atoms with Crippen molar-refractivity contribution in [3.63, 3.8) is 0 Å². The van der Waals surface area contributed by atoms with Gasteiger partial charge in [0.15, 0.2) is 10.4 Å². The molecule has 19 heavy (non-hydrogen) atoms. The number of Topliss-reactive ketones (excluding diaryl/α,β-unsaturated/α-hetero) is 1. The van der Waals surface area contributed by atoms with Gasteiger partial charge in [0.25, 0.3) is 0 Å². The maximum atomic E-state index is 12.1. The Hall–Kier alpha value is -1.26. The van der Waals surface area contributed by atoms with Gasteiger partial charge >= 0.3 is 0 Å². The molecular weight excluding hydrogens is 332 g/mol. The molecule has 0 saturated carbocycles. The van der Waals surface area contributed by atoms with Crippen molar-refractivity contribution in [2.45, 2.75) is 12.8 Å². The zero-order valence-electron chi connectivity index (χ0n) is 9.91. The highest BCUT2D eigenvalue weighted by Crippen LogP contribution is 2.33. The minimum atomic E-state index is -0.0920. The van der Waals surface area contributed by atoms with E-state index < -0.39 is 0 Å². The quantitative estimate of drug-likeness (QED) is 0.791. The minimum absolute atomic E-state index is 0.0920. The molecule has 5 heteroatoms. The molecule has 0 bridgehead atoms. The van der Waals surface area contributed by atoms with Crippen molar-refractivity contribution in [2.24, 2.45) is 0 Å². The first-order valence-electron chi connectivity index (χ1n) is 5.86. The third kappa shape index (κ3) is 2.55. The van der Waals surface area contributed by atoms with E-state index in [2.05, 4.69) is 15.9 Å². The molecule has 1 aliphatic heterocycles. The third-order valence-electron chi connectivity index (χ3n) is 3.02. The van der Waals surface area contributed by atoms with Crippen LogP contribution in [0.3, 0.4) is 0 Å². The van der Waals surface area contributed by atoms with E-state index in [4.69, 9.17) is 20.8 Å². The van der Waals surface area contributed by atoms with E-state index in [9.17, 15) is 4.79 Å². The molecule has 0 unspecified atom stereocenters. The molecule has 0 atom stereocenters. The molecule has 2 aromatic rings. The van der Waals surface area contributed by atoms with E-state index in [1.165, 1.54) is 0 Å². The average Bonchev–Trinajstić information content (AvgIpc) is 2.97. The number of ketones is 1. The molecule has 0 spiro atoms. The van der Waals surface area contributed by atoms with Gasteiger partial charge in [0.05, 0.1) is 6.61 Å². The zero-order chi connectivity index (χ0) is 13.4. The molecule has 0 aliphatic carbocycles. The molecule has 0 saturated heterocycles. The largest absolute Gasteiger partial charge is 0.493 e. The fraction of sp³-hybridized carbons (Fsp3) is 0.214. The predicted molar refractivity (Wildman–Crippen MR) is 75.1 cm³/mol. The SMILES string of the molecule is O=C(Cc1cc(Cl)cc2c1OCC2)c1ccc(Br)o1. The van der Waals surface area contributed by atoms with Gasteiger partial charge in [0.1, 0.15) is 5.75 Å². The van der Waals surface area contributed by atoms with Crippen LogP contribution in [0.15, 0.2) is 33.4 Å². The summed E-state index contributed by atoms with van der Waals surface area (Å²) in [5.74, 6) is 1.03. The molecule has 98 valence electrons. The van der Waals surface area contributed by atoms with E-state index in [-0.39, 0.29) is 12.2 Å². The summed E-state index contributed by atoms with van der Waals surface area (Å²) >= 11 is 9.25. The predicted octanol–water partition coefficient (Wildman–Crippen LogP) is 4.06. The Bertz CT molecular complexity index is 648. The van der Waals surface area contributed by atoms with Crippen LogP contribution in [0.2, 0.25) is 5.02 Å². The van der Waals surface area contributed by atoms with Gasteiger partial charge in [-0.15, -0.1) is 0 Å². The zero-order valence-corrected chi connectivity index (χ0v) is 12.3. The number of furan rings is 1. The summed E-state index contributed by atoms with van der Waals surface area (Å²) in [5, 5.41) is 0.632. The van der Waals surface area contributed by atoms with E-state index in [1.54, 1.807) is 18.2 Å². The van der Waals surface area contributed by atoms with Crippen LogP contribution in [0, 0.1) is 0 Å². The van der Waals surface area contributed by atoms with Gasteiger partial charge in [-0.3, -0.25) is 4.79 Å². The van der Waals surface area contributed by atoms with Gasteiger partial charge in [-0.05, 0) is 45.8 Å². The number of ether oxygens (including phenoxy) is 1.